The van der Waals surface area contributed by atoms with Gasteiger partial charge in [-0.25, -0.2) is 13.6 Å². The predicted molar refractivity (Wildman–Crippen MR) is 139 cm³/mol. The number of likely N-dealkylation sites (tertiary alicyclic amines) is 1. The third-order valence-corrected chi connectivity index (χ3v) is 7.41. The van der Waals surface area contributed by atoms with Crippen LogP contribution < -0.4 is 0 Å². The predicted octanol–water partition coefficient (Wildman–Crippen LogP) is 5.36. The van der Waals surface area contributed by atoms with Crippen LogP contribution in [0, 0.1) is 5.82 Å². The standard InChI is InChI=1S/C28H24FN7O3/c1-18-5-4-16-36(18,28(37)38)17-19-8-10-21(11-9-19)26-31-27(39-33-26)24-25(20-12-14-30-15-13-20)35(34-32-24)23-7-3-2-6-22(23)29/h2-3,6-15,18H,4-5,16-17H2,1H3/p+1/t18-,36?/m1/s1. The molecule has 4 heterocycles. The van der Waals surface area contributed by atoms with Crippen LogP contribution in [0.1, 0.15) is 25.3 Å². The van der Waals surface area contributed by atoms with Gasteiger partial charge >= 0.3 is 6.09 Å². The summed E-state index contributed by atoms with van der Waals surface area (Å²) in [6.07, 6.45) is 4.26. The van der Waals surface area contributed by atoms with Crippen LogP contribution in [0.2, 0.25) is 0 Å². The number of benzene rings is 2. The maximum absolute atomic E-state index is 14.7. The lowest BCUT2D eigenvalue weighted by Crippen LogP contribution is -2.53. The molecule has 196 valence electrons. The van der Waals surface area contributed by atoms with Crippen LogP contribution in [-0.2, 0) is 6.54 Å². The number of carboxylic acid groups (broad SMARTS) is 1. The summed E-state index contributed by atoms with van der Waals surface area (Å²) in [6, 6.07) is 17.4. The van der Waals surface area contributed by atoms with Crippen molar-refractivity contribution in [1.29, 1.82) is 0 Å². The zero-order valence-corrected chi connectivity index (χ0v) is 21.1. The fourth-order valence-corrected chi connectivity index (χ4v) is 5.23. The molecule has 0 radical (unpaired) electrons. The molecule has 2 atom stereocenters. The molecule has 1 fully saturated rings. The minimum Gasteiger partial charge on any atom is -0.435 e. The van der Waals surface area contributed by atoms with E-state index in [4.69, 9.17) is 4.52 Å². The highest BCUT2D eigenvalue weighted by atomic mass is 19.1. The monoisotopic (exact) mass is 526 g/mol. The second kappa shape index (κ2) is 9.84. The number of halogens is 1. The Bertz CT molecular complexity index is 1630. The van der Waals surface area contributed by atoms with E-state index in [9.17, 15) is 14.3 Å². The van der Waals surface area contributed by atoms with Crippen LogP contribution in [0.3, 0.4) is 0 Å². The first-order valence-electron chi connectivity index (χ1n) is 12.6. The third kappa shape index (κ3) is 4.36. The van der Waals surface area contributed by atoms with Crippen LogP contribution in [-0.4, -0.2) is 58.4 Å². The number of para-hydroxylation sites is 1. The summed E-state index contributed by atoms with van der Waals surface area (Å²) in [5, 5.41) is 22.5. The van der Waals surface area contributed by atoms with Gasteiger partial charge in [-0.2, -0.15) is 9.78 Å². The van der Waals surface area contributed by atoms with Crippen LogP contribution >= 0.6 is 0 Å². The molecule has 0 bridgehead atoms. The van der Waals surface area contributed by atoms with E-state index in [0.717, 1.165) is 18.4 Å². The van der Waals surface area contributed by atoms with Crippen LogP contribution in [0.4, 0.5) is 9.18 Å². The van der Waals surface area contributed by atoms with Crippen LogP contribution in [0.25, 0.3) is 39.9 Å². The number of hydrogen-bond donors (Lipinski definition) is 1. The van der Waals surface area contributed by atoms with Gasteiger partial charge in [0, 0.05) is 41.9 Å². The second-order valence-electron chi connectivity index (χ2n) is 9.70. The molecule has 0 saturated carbocycles. The lowest BCUT2D eigenvalue weighted by atomic mass is 10.1. The van der Waals surface area contributed by atoms with E-state index in [0.29, 0.717) is 41.4 Å². The van der Waals surface area contributed by atoms with Gasteiger partial charge in [-0.05, 0) is 31.2 Å². The lowest BCUT2D eigenvalue weighted by molar-refractivity contribution is -0.880. The van der Waals surface area contributed by atoms with E-state index >= 15 is 0 Å². The Morgan fingerprint density at radius 2 is 1.87 bits per heavy atom. The van der Waals surface area contributed by atoms with Crippen molar-refractivity contribution in [3.63, 3.8) is 0 Å². The highest BCUT2D eigenvalue weighted by molar-refractivity contribution is 5.76. The molecule has 1 N–H and O–H groups in total. The van der Waals surface area contributed by atoms with E-state index < -0.39 is 11.9 Å². The van der Waals surface area contributed by atoms with Gasteiger partial charge in [-0.3, -0.25) is 4.98 Å². The first-order chi connectivity index (χ1) is 19.0. The molecule has 39 heavy (non-hydrogen) atoms. The lowest BCUT2D eigenvalue weighted by Gasteiger charge is -2.32. The van der Waals surface area contributed by atoms with Crippen LogP contribution in [0.15, 0.2) is 77.6 Å². The molecule has 2 aromatic carbocycles. The summed E-state index contributed by atoms with van der Waals surface area (Å²) in [5.41, 5.74) is 3.34. The first-order valence-corrected chi connectivity index (χ1v) is 12.6. The van der Waals surface area contributed by atoms with Gasteiger partial charge in [-0.1, -0.05) is 46.8 Å². The van der Waals surface area contributed by atoms with Gasteiger partial charge in [0.1, 0.15) is 23.7 Å². The minimum absolute atomic E-state index is 0.0428. The fraction of sp³-hybridized carbons (Fsp3) is 0.214. The van der Waals surface area contributed by atoms with E-state index in [1.807, 2.05) is 31.2 Å². The molecule has 3 aromatic heterocycles. The maximum Gasteiger partial charge on any atom is 0.514 e. The molecule has 5 aromatic rings. The summed E-state index contributed by atoms with van der Waals surface area (Å²) < 4.78 is 21.7. The number of amides is 1. The van der Waals surface area contributed by atoms with Crippen molar-refractivity contribution < 1.29 is 23.3 Å². The van der Waals surface area contributed by atoms with E-state index in [2.05, 4.69) is 25.4 Å². The average Bonchev–Trinajstić information content (AvgIpc) is 3.69. The van der Waals surface area contributed by atoms with Crippen molar-refractivity contribution in [3.8, 4) is 39.9 Å². The van der Waals surface area contributed by atoms with Gasteiger partial charge in [0.15, 0.2) is 5.69 Å². The Hall–Kier alpha value is -4.77. The average molecular weight is 527 g/mol. The zero-order valence-electron chi connectivity index (χ0n) is 21.1. The number of quaternary nitrogens is 1. The quantitative estimate of drug-likeness (QED) is 0.294. The number of aromatic nitrogens is 6. The molecular formula is C28H25FN7O3+. The van der Waals surface area contributed by atoms with Crippen molar-refractivity contribution in [2.24, 2.45) is 0 Å². The van der Waals surface area contributed by atoms with E-state index in [-0.39, 0.29) is 22.1 Å². The number of rotatable bonds is 6. The Labute approximate surface area is 222 Å². The van der Waals surface area contributed by atoms with Gasteiger partial charge in [-0.15, -0.1) is 5.10 Å². The molecule has 6 rings (SSSR count). The Morgan fingerprint density at radius 1 is 1.10 bits per heavy atom. The van der Waals surface area contributed by atoms with Gasteiger partial charge in [0.2, 0.25) is 5.82 Å². The van der Waals surface area contributed by atoms with Crippen molar-refractivity contribution in [3.05, 3.63) is 84.4 Å². The number of nitrogens with zero attached hydrogens (tertiary/aromatic N) is 7. The summed E-state index contributed by atoms with van der Waals surface area (Å²) in [4.78, 5) is 20.7. The van der Waals surface area contributed by atoms with Crippen molar-refractivity contribution >= 4 is 6.09 Å². The molecule has 11 heteroatoms. The third-order valence-electron chi connectivity index (χ3n) is 7.41. The number of pyridine rings is 1. The van der Waals surface area contributed by atoms with E-state index in [1.54, 1.807) is 42.7 Å². The Morgan fingerprint density at radius 3 is 2.56 bits per heavy atom. The van der Waals surface area contributed by atoms with E-state index in [1.165, 1.54) is 10.7 Å². The second-order valence-corrected chi connectivity index (χ2v) is 9.70. The number of carbonyl (C=O) groups is 1. The molecule has 1 amide bonds. The van der Waals surface area contributed by atoms with Gasteiger partial charge in [0.05, 0.1) is 12.6 Å². The molecule has 0 aliphatic carbocycles. The first kappa shape index (κ1) is 24.6. The Kier molecular flexibility index (Phi) is 6.20. The summed E-state index contributed by atoms with van der Waals surface area (Å²) in [5.74, 6) is 0.0185. The highest BCUT2D eigenvalue weighted by Crippen LogP contribution is 2.34. The molecule has 0 spiro atoms. The van der Waals surface area contributed by atoms with Crippen molar-refractivity contribution in [1.82, 2.24) is 30.1 Å². The SMILES string of the molecule is C[C@@H]1CCC[N+]1(Cc1ccc(-c2noc(-c3nnn(-c4ccccc4F)c3-c3ccncc3)n2)cc1)C(=O)O. The molecule has 1 unspecified atom stereocenters. The van der Waals surface area contributed by atoms with Crippen molar-refractivity contribution in [2.75, 3.05) is 6.54 Å². The van der Waals surface area contributed by atoms with Crippen LogP contribution in [0.5, 0.6) is 0 Å². The van der Waals surface area contributed by atoms with Gasteiger partial charge < -0.3 is 9.63 Å². The normalized spacial score (nSPS) is 18.9. The molecule has 1 aliphatic rings. The maximum atomic E-state index is 14.7. The number of hydrogen-bond acceptors (Lipinski definition) is 7. The summed E-state index contributed by atoms with van der Waals surface area (Å²) in [6.45, 7) is 3.04. The topological polar surface area (TPSA) is 120 Å². The smallest absolute Gasteiger partial charge is 0.435 e. The molecule has 10 nitrogen and oxygen atoms in total. The zero-order chi connectivity index (χ0) is 27.0. The summed E-state index contributed by atoms with van der Waals surface area (Å²) in [7, 11) is 0. The largest absolute Gasteiger partial charge is 0.514 e. The Balaban J connectivity index is 1.33. The summed E-state index contributed by atoms with van der Waals surface area (Å²) >= 11 is 0. The van der Waals surface area contributed by atoms with Crippen molar-refractivity contribution in [2.45, 2.75) is 32.4 Å². The minimum atomic E-state index is -0.791. The fourth-order valence-electron chi connectivity index (χ4n) is 5.23. The molecular weight excluding hydrogens is 501 g/mol. The highest BCUT2D eigenvalue weighted by Gasteiger charge is 2.46. The molecule has 1 saturated heterocycles. The van der Waals surface area contributed by atoms with Gasteiger partial charge in [0.25, 0.3) is 5.89 Å². The molecule has 1 aliphatic heterocycles.